The molecule has 1 amide bonds. The van der Waals surface area contributed by atoms with Gasteiger partial charge in [0.2, 0.25) is 5.91 Å². The highest BCUT2D eigenvalue weighted by atomic mass is 16.5. The smallest absolute Gasteiger partial charge is 0.303 e. The topological polar surface area (TPSA) is 75.6 Å². The predicted molar refractivity (Wildman–Crippen MR) is 81.1 cm³/mol. The highest BCUT2D eigenvalue weighted by Crippen LogP contribution is 2.28. The molecule has 0 radical (unpaired) electrons. The van der Waals surface area contributed by atoms with E-state index in [-0.39, 0.29) is 18.4 Å². The average molecular weight is 299 g/mol. The molecule has 122 valence electrons. The van der Waals surface area contributed by atoms with E-state index in [0.717, 1.165) is 6.42 Å². The molecule has 1 saturated carbocycles. The van der Waals surface area contributed by atoms with Gasteiger partial charge < -0.3 is 15.2 Å². The van der Waals surface area contributed by atoms with E-state index in [4.69, 9.17) is 9.84 Å². The second kappa shape index (κ2) is 9.77. The zero-order chi connectivity index (χ0) is 15.7. The Labute approximate surface area is 127 Å². The van der Waals surface area contributed by atoms with Crippen LogP contribution in [0.25, 0.3) is 0 Å². The van der Waals surface area contributed by atoms with Gasteiger partial charge in [0.15, 0.2) is 0 Å². The molecule has 1 fully saturated rings. The number of hydrogen-bond acceptors (Lipinski definition) is 3. The minimum atomic E-state index is -0.809. The Morgan fingerprint density at radius 3 is 2.48 bits per heavy atom. The minimum absolute atomic E-state index is 0.0547. The number of carboxylic acids is 1. The van der Waals surface area contributed by atoms with Crippen LogP contribution in [0.15, 0.2) is 0 Å². The SMILES string of the molecule is CCC(OC)C(=O)NC(CCC(=O)O)CC1CCCCC1. The standard InChI is InChI=1S/C16H29NO4/c1-3-14(21-2)16(20)17-13(9-10-15(18)19)11-12-7-5-4-6-8-12/h12-14H,3-11H2,1-2H3,(H,17,20)(H,18,19). The number of rotatable bonds is 9. The van der Waals surface area contributed by atoms with Crippen LogP contribution in [0.1, 0.15) is 64.7 Å². The van der Waals surface area contributed by atoms with Crippen LogP contribution < -0.4 is 5.32 Å². The van der Waals surface area contributed by atoms with Gasteiger partial charge in [-0.05, 0) is 25.2 Å². The predicted octanol–water partition coefficient (Wildman–Crippen LogP) is 2.73. The molecule has 0 spiro atoms. The number of carbonyl (C=O) groups excluding carboxylic acids is 1. The van der Waals surface area contributed by atoms with Crippen molar-refractivity contribution in [2.45, 2.75) is 76.9 Å². The van der Waals surface area contributed by atoms with Crippen LogP contribution in [0.2, 0.25) is 0 Å². The lowest BCUT2D eigenvalue weighted by molar-refractivity contribution is -0.138. The summed E-state index contributed by atoms with van der Waals surface area (Å²) in [5.41, 5.74) is 0. The van der Waals surface area contributed by atoms with Gasteiger partial charge in [-0.25, -0.2) is 0 Å². The first-order valence-corrected chi connectivity index (χ1v) is 8.11. The number of methoxy groups -OCH3 is 1. The summed E-state index contributed by atoms with van der Waals surface area (Å²) < 4.78 is 5.15. The Bertz CT molecular complexity index is 322. The number of carbonyl (C=O) groups is 2. The summed E-state index contributed by atoms with van der Waals surface area (Å²) in [5.74, 6) is -0.316. The maximum atomic E-state index is 12.1. The molecule has 0 bridgehead atoms. The number of carboxylic acid groups (broad SMARTS) is 1. The van der Waals surface area contributed by atoms with Gasteiger partial charge in [0.1, 0.15) is 6.10 Å². The Balaban J connectivity index is 2.53. The summed E-state index contributed by atoms with van der Waals surface area (Å²) in [5, 5.41) is 11.9. The number of aliphatic carboxylic acids is 1. The molecule has 5 heteroatoms. The fraction of sp³-hybridized carbons (Fsp3) is 0.875. The Morgan fingerprint density at radius 2 is 1.95 bits per heavy atom. The van der Waals surface area contributed by atoms with Crippen LogP contribution in [0.5, 0.6) is 0 Å². The van der Waals surface area contributed by atoms with Crippen molar-refractivity contribution in [2.24, 2.45) is 5.92 Å². The molecular formula is C16H29NO4. The van der Waals surface area contributed by atoms with Crippen molar-refractivity contribution in [1.82, 2.24) is 5.32 Å². The lowest BCUT2D eigenvalue weighted by Gasteiger charge is -2.28. The van der Waals surface area contributed by atoms with E-state index < -0.39 is 12.1 Å². The normalized spacial score (nSPS) is 19.0. The van der Waals surface area contributed by atoms with E-state index in [1.165, 1.54) is 39.2 Å². The molecule has 0 aromatic rings. The minimum Gasteiger partial charge on any atom is -0.481 e. The molecule has 21 heavy (non-hydrogen) atoms. The van der Waals surface area contributed by atoms with Crippen molar-refractivity contribution in [2.75, 3.05) is 7.11 Å². The van der Waals surface area contributed by atoms with Gasteiger partial charge in [-0.1, -0.05) is 39.0 Å². The fourth-order valence-electron chi connectivity index (χ4n) is 3.13. The summed E-state index contributed by atoms with van der Waals surface area (Å²) in [4.78, 5) is 22.9. The number of hydrogen-bond donors (Lipinski definition) is 2. The van der Waals surface area contributed by atoms with Crippen molar-refractivity contribution in [3.63, 3.8) is 0 Å². The number of nitrogens with one attached hydrogen (secondary N) is 1. The van der Waals surface area contributed by atoms with Gasteiger partial charge in [-0.15, -0.1) is 0 Å². The molecule has 5 nitrogen and oxygen atoms in total. The molecule has 1 aliphatic carbocycles. The second-order valence-electron chi connectivity index (χ2n) is 6.01. The lowest BCUT2D eigenvalue weighted by Crippen LogP contribution is -2.43. The third-order valence-electron chi connectivity index (χ3n) is 4.34. The number of amides is 1. The van der Waals surface area contributed by atoms with Gasteiger partial charge >= 0.3 is 5.97 Å². The Morgan fingerprint density at radius 1 is 1.29 bits per heavy atom. The summed E-state index contributed by atoms with van der Waals surface area (Å²) in [6.07, 6.45) is 7.85. The van der Waals surface area contributed by atoms with E-state index in [1.54, 1.807) is 0 Å². The molecule has 1 aliphatic rings. The molecular weight excluding hydrogens is 270 g/mol. The fourth-order valence-corrected chi connectivity index (χ4v) is 3.13. The zero-order valence-corrected chi connectivity index (χ0v) is 13.3. The molecule has 2 N–H and O–H groups in total. The molecule has 2 unspecified atom stereocenters. The van der Waals surface area contributed by atoms with Crippen LogP contribution in [0.4, 0.5) is 0 Å². The van der Waals surface area contributed by atoms with Gasteiger partial charge in [-0.3, -0.25) is 9.59 Å². The van der Waals surface area contributed by atoms with Crippen molar-refractivity contribution in [3.05, 3.63) is 0 Å². The van der Waals surface area contributed by atoms with E-state index in [2.05, 4.69) is 5.32 Å². The molecule has 1 rings (SSSR count). The monoisotopic (exact) mass is 299 g/mol. The van der Waals surface area contributed by atoms with Crippen molar-refractivity contribution in [1.29, 1.82) is 0 Å². The van der Waals surface area contributed by atoms with Crippen molar-refractivity contribution >= 4 is 11.9 Å². The summed E-state index contributed by atoms with van der Waals surface area (Å²) in [6.45, 7) is 1.90. The van der Waals surface area contributed by atoms with E-state index in [9.17, 15) is 9.59 Å². The molecule has 0 aromatic heterocycles. The maximum Gasteiger partial charge on any atom is 0.303 e. The first-order chi connectivity index (χ1) is 10.1. The van der Waals surface area contributed by atoms with Crippen molar-refractivity contribution < 1.29 is 19.4 Å². The highest BCUT2D eigenvalue weighted by molar-refractivity contribution is 5.81. The molecule has 2 atom stereocenters. The van der Waals surface area contributed by atoms with Crippen LogP contribution in [-0.2, 0) is 14.3 Å². The highest BCUT2D eigenvalue weighted by Gasteiger charge is 2.23. The largest absolute Gasteiger partial charge is 0.481 e. The maximum absolute atomic E-state index is 12.1. The summed E-state index contributed by atoms with van der Waals surface area (Å²) in [6, 6.07) is -0.0547. The van der Waals surface area contributed by atoms with Crippen molar-refractivity contribution in [3.8, 4) is 0 Å². The van der Waals surface area contributed by atoms with Crippen LogP contribution >= 0.6 is 0 Å². The van der Waals surface area contributed by atoms with E-state index >= 15 is 0 Å². The second-order valence-corrected chi connectivity index (χ2v) is 6.01. The Kier molecular flexibility index (Phi) is 8.35. The van der Waals surface area contributed by atoms with Gasteiger partial charge in [0.25, 0.3) is 0 Å². The summed E-state index contributed by atoms with van der Waals surface area (Å²) >= 11 is 0. The summed E-state index contributed by atoms with van der Waals surface area (Å²) in [7, 11) is 1.53. The van der Waals surface area contributed by atoms with Gasteiger partial charge in [0.05, 0.1) is 0 Å². The molecule has 0 aromatic carbocycles. The zero-order valence-electron chi connectivity index (χ0n) is 13.3. The van der Waals surface area contributed by atoms with Gasteiger partial charge in [0, 0.05) is 19.6 Å². The molecule has 0 saturated heterocycles. The van der Waals surface area contributed by atoms with E-state index in [0.29, 0.717) is 18.8 Å². The van der Waals surface area contributed by atoms with Gasteiger partial charge in [-0.2, -0.15) is 0 Å². The quantitative estimate of drug-likeness (QED) is 0.686. The third-order valence-corrected chi connectivity index (χ3v) is 4.34. The van der Waals surface area contributed by atoms with Crippen LogP contribution in [0.3, 0.4) is 0 Å². The number of ether oxygens (including phenoxy) is 1. The van der Waals surface area contributed by atoms with Crippen LogP contribution in [0, 0.1) is 5.92 Å². The first kappa shape index (κ1) is 18.0. The molecule has 0 heterocycles. The first-order valence-electron chi connectivity index (χ1n) is 8.11. The third kappa shape index (κ3) is 6.93. The van der Waals surface area contributed by atoms with Crippen LogP contribution in [-0.4, -0.2) is 36.2 Å². The average Bonchev–Trinajstić information content (AvgIpc) is 2.47. The Hall–Kier alpha value is -1.10. The van der Waals surface area contributed by atoms with E-state index in [1.807, 2.05) is 6.92 Å². The molecule has 0 aliphatic heterocycles. The lowest BCUT2D eigenvalue weighted by atomic mass is 9.84.